The van der Waals surface area contributed by atoms with Crippen LogP contribution in [0.1, 0.15) is 35.7 Å². The first-order valence-corrected chi connectivity index (χ1v) is 16.0. The standard InChI is InChI=1S/C27H33FN4O8S2/c1-16-13-32(17(2)15-33)27(34)23-12-21(30-41(35,36)26-18(3)29-40-19(26)4)8-11-24(23)39-25(16)14-31(5)42(37,38)22-9-6-20(28)7-10-22/h6-12,16-17,25,30,33H,13-15H2,1-5H3/t16-,17+,25-/m0/s1. The van der Waals surface area contributed by atoms with Crippen LogP contribution in [-0.2, 0) is 20.0 Å². The van der Waals surface area contributed by atoms with E-state index in [4.69, 9.17) is 9.26 Å². The number of aliphatic hydroxyl groups is 1. The third-order valence-corrected chi connectivity index (χ3v) is 10.6. The maximum absolute atomic E-state index is 13.7. The van der Waals surface area contributed by atoms with Gasteiger partial charge in [-0.25, -0.2) is 21.2 Å². The fourth-order valence-corrected chi connectivity index (χ4v) is 7.27. The van der Waals surface area contributed by atoms with Gasteiger partial charge in [0.05, 0.1) is 29.7 Å². The van der Waals surface area contributed by atoms with Crippen LogP contribution in [0.15, 0.2) is 56.8 Å². The number of likely N-dealkylation sites (N-methyl/N-ethyl adjacent to an activating group) is 1. The Labute approximate surface area is 244 Å². The predicted molar refractivity (Wildman–Crippen MR) is 151 cm³/mol. The molecule has 228 valence electrons. The van der Waals surface area contributed by atoms with Crippen LogP contribution in [0.25, 0.3) is 0 Å². The van der Waals surface area contributed by atoms with E-state index >= 15 is 0 Å². The molecule has 1 aromatic heterocycles. The number of amides is 1. The Hall–Kier alpha value is -3.53. The molecule has 0 bridgehead atoms. The molecule has 42 heavy (non-hydrogen) atoms. The number of hydrogen-bond donors (Lipinski definition) is 2. The van der Waals surface area contributed by atoms with Crippen molar-refractivity contribution in [1.29, 1.82) is 0 Å². The van der Waals surface area contributed by atoms with Crippen LogP contribution in [0.5, 0.6) is 5.75 Å². The Balaban J connectivity index is 1.69. The lowest BCUT2D eigenvalue weighted by atomic mass is 9.99. The number of hydrogen-bond acceptors (Lipinski definition) is 9. The molecule has 0 saturated carbocycles. The summed E-state index contributed by atoms with van der Waals surface area (Å²) in [6.45, 7) is 6.08. The molecular weight excluding hydrogens is 591 g/mol. The first kappa shape index (κ1) is 31.4. The van der Waals surface area contributed by atoms with E-state index in [0.717, 1.165) is 16.4 Å². The summed E-state index contributed by atoms with van der Waals surface area (Å²) in [6.07, 6.45) is -0.754. The molecule has 3 atom stereocenters. The highest BCUT2D eigenvalue weighted by atomic mass is 32.2. The molecule has 0 spiro atoms. The maximum atomic E-state index is 13.7. The number of rotatable bonds is 9. The summed E-state index contributed by atoms with van der Waals surface area (Å²) in [5.41, 5.74) is 0.267. The lowest BCUT2D eigenvalue weighted by Crippen LogP contribution is -2.50. The molecule has 15 heteroatoms. The van der Waals surface area contributed by atoms with Crippen LogP contribution in [0.2, 0.25) is 0 Å². The molecule has 2 aromatic carbocycles. The maximum Gasteiger partial charge on any atom is 0.267 e. The van der Waals surface area contributed by atoms with Crippen LogP contribution in [0.3, 0.4) is 0 Å². The number of aryl methyl sites for hydroxylation is 2. The summed E-state index contributed by atoms with van der Waals surface area (Å²) < 4.78 is 80.7. The molecule has 2 N–H and O–H groups in total. The fourth-order valence-electron chi connectivity index (χ4n) is 4.71. The quantitative estimate of drug-likeness (QED) is 0.365. The highest BCUT2D eigenvalue weighted by Crippen LogP contribution is 2.32. The van der Waals surface area contributed by atoms with Gasteiger partial charge in [-0.2, -0.15) is 4.31 Å². The first-order valence-electron chi connectivity index (χ1n) is 13.1. The predicted octanol–water partition coefficient (Wildman–Crippen LogP) is 2.77. The summed E-state index contributed by atoms with van der Waals surface area (Å²) in [5, 5.41) is 13.6. The topological polar surface area (TPSA) is 159 Å². The second kappa shape index (κ2) is 12.0. The summed E-state index contributed by atoms with van der Waals surface area (Å²) in [6, 6.07) is 8.04. The van der Waals surface area contributed by atoms with E-state index in [-0.39, 0.29) is 63.9 Å². The van der Waals surface area contributed by atoms with Gasteiger partial charge in [0.1, 0.15) is 23.4 Å². The van der Waals surface area contributed by atoms with Crippen LogP contribution in [0.4, 0.5) is 10.1 Å². The van der Waals surface area contributed by atoms with Gasteiger partial charge in [0.2, 0.25) is 10.0 Å². The van der Waals surface area contributed by atoms with Crippen LogP contribution in [0, 0.1) is 25.6 Å². The van der Waals surface area contributed by atoms with E-state index in [1.54, 1.807) is 13.8 Å². The number of benzene rings is 2. The van der Waals surface area contributed by atoms with E-state index in [9.17, 15) is 31.1 Å². The van der Waals surface area contributed by atoms with Gasteiger partial charge in [-0.1, -0.05) is 12.1 Å². The average molecular weight is 625 g/mol. The van der Waals surface area contributed by atoms with Gasteiger partial charge < -0.3 is 19.3 Å². The number of halogens is 1. The number of carbonyl (C=O) groups excluding carboxylic acids is 1. The molecule has 0 saturated heterocycles. The number of nitrogens with zero attached hydrogens (tertiary/aromatic N) is 3. The molecule has 1 aliphatic rings. The van der Waals surface area contributed by atoms with E-state index in [2.05, 4.69) is 9.88 Å². The minimum Gasteiger partial charge on any atom is -0.488 e. The highest BCUT2D eigenvalue weighted by molar-refractivity contribution is 7.92. The van der Waals surface area contributed by atoms with Crippen molar-refractivity contribution in [1.82, 2.24) is 14.4 Å². The number of carbonyl (C=O) groups is 1. The first-order chi connectivity index (χ1) is 19.6. The van der Waals surface area contributed by atoms with Gasteiger partial charge >= 0.3 is 0 Å². The third kappa shape index (κ3) is 6.28. The minimum atomic E-state index is -4.12. The zero-order valence-corrected chi connectivity index (χ0v) is 25.4. The van der Waals surface area contributed by atoms with E-state index < -0.39 is 43.9 Å². The molecular formula is C27H33FN4O8S2. The number of ether oxygens (including phenoxy) is 1. The molecule has 4 rings (SSSR count). The smallest absolute Gasteiger partial charge is 0.267 e. The SMILES string of the molecule is Cc1noc(C)c1S(=O)(=O)Nc1ccc2c(c1)C(=O)N([C@H](C)CO)C[C@H](C)[C@H](CN(C)S(=O)(=O)c1ccc(F)cc1)O2. The molecule has 0 aliphatic carbocycles. The second-order valence-electron chi connectivity index (χ2n) is 10.3. The van der Waals surface area contributed by atoms with Gasteiger partial charge in [-0.15, -0.1) is 0 Å². The Bertz CT molecular complexity index is 1660. The summed E-state index contributed by atoms with van der Waals surface area (Å²) in [4.78, 5) is 14.9. The molecule has 0 radical (unpaired) electrons. The van der Waals surface area contributed by atoms with Gasteiger partial charge in [0.25, 0.3) is 15.9 Å². The van der Waals surface area contributed by atoms with Crippen molar-refractivity contribution in [2.45, 2.75) is 49.6 Å². The molecule has 2 heterocycles. The molecule has 1 amide bonds. The van der Waals surface area contributed by atoms with Crippen molar-refractivity contribution >= 4 is 31.6 Å². The number of sulfonamides is 2. The monoisotopic (exact) mass is 624 g/mol. The zero-order chi connectivity index (χ0) is 31.0. The normalized spacial score (nSPS) is 18.7. The van der Waals surface area contributed by atoms with E-state index in [1.165, 1.54) is 56.1 Å². The van der Waals surface area contributed by atoms with Gasteiger partial charge in [-0.3, -0.25) is 9.52 Å². The van der Waals surface area contributed by atoms with Crippen molar-refractivity contribution in [3.05, 3.63) is 65.3 Å². The molecule has 1 aliphatic heterocycles. The van der Waals surface area contributed by atoms with Crippen LogP contribution >= 0.6 is 0 Å². The second-order valence-corrected chi connectivity index (χ2v) is 14.0. The van der Waals surface area contributed by atoms with Crippen molar-refractivity contribution in [3.8, 4) is 5.75 Å². The largest absolute Gasteiger partial charge is 0.488 e. The summed E-state index contributed by atoms with van der Waals surface area (Å²) in [7, 11) is -6.74. The molecule has 12 nitrogen and oxygen atoms in total. The number of aliphatic hydroxyl groups excluding tert-OH is 1. The third-order valence-electron chi connectivity index (χ3n) is 7.11. The molecule has 3 aromatic rings. The van der Waals surface area contributed by atoms with Crippen molar-refractivity contribution in [2.75, 3.05) is 31.5 Å². The number of nitrogens with one attached hydrogen (secondary N) is 1. The lowest BCUT2D eigenvalue weighted by molar-refractivity contribution is 0.0387. The van der Waals surface area contributed by atoms with Crippen molar-refractivity contribution in [3.63, 3.8) is 0 Å². The zero-order valence-electron chi connectivity index (χ0n) is 23.7. The van der Waals surface area contributed by atoms with Crippen LogP contribution in [-0.4, -0.2) is 81.1 Å². The molecule has 0 unspecified atom stereocenters. The fraction of sp³-hybridized carbons (Fsp3) is 0.407. The van der Waals surface area contributed by atoms with E-state index in [1.807, 2.05) is 0 Å². The lowest BCUT2D eigenvalue weighted by Gasteiger charge is -2.38. The van der Waals surface area contributed by atoms with Gasteiger partial charge in [0.15, 0.2) is 10.7 Å². The van der Waals surface area contributed by atoms with E-state index in [0.29, 0.717) is 0 Å². The highest BCUT2D eigenvalue weighted by Gasteiger charge is 2.36. The summed E-state index contributed by atoms with van der Waals surface area (Å²) >= 11 is 0. The van der Waals surface area contributed by atoms with Crippen molar-refractivity contribution in [2.24, 2.45) is 5.92 Å². The minimum absolute atomic E-state index is 0.0233. The Morgan fingerprint density at radius 1 is 1.17 bits per heavy atom. The van der Waals surface area contributed by atoms with Gasteiger partial charge in [-0.05, 0) is 63.2 Å². The average Bonchev–Trinajstić information content (AvgIpc) is 3.28. The molecule has 0 fully saturated rings. The van der Waals surface area contributed by atoms with Crippen molar-refractivity contribution < 1.29 is 40.4 Å². The summed E-state index contributed by atoms with van der Waals surface area (Å²) in [5.74, 6) is -1.24. The number of anilines is 1. The Kier molecular flexibility index (Phi) is 8.97. The Morgan fingerprint density at radius 3 is 2.43 bits per heavy atom. The Morgan fingerprint density at radius 2 is 1.83 bits per heavy atom. The number of aromatic nitrogens is 1. The van der Waals surface area contributed by atoms with Crippen LogP contribution < -0.4 is 9.46 Å². The van der Waals surface area contributed by atoms with Gasteiger partial charge in [0, 0.05) is 25.2 Å². The number of fused-ring (bicyclic) bond motifs is 1.